The van der Waals surface area contributed by atoms with Gasteiger partial charge in [-0.05, 0) is 63.7 Å². The highest BCUT2D eigenvalue weighted by molar-refractivity contribution is 7.18. The molecule has 4 rings (SSSR count). The van der Waals surface area contributed by atoms with E-state index in [0.717, 1.165) is 59.7 Å². The molecule has 3 aromatic heterocycles. The molecule has 0 aliphatic heterocycles. The van der Waals surface area contributed by atoms with Gasteiger partial charge in [0.1, 0.15) is 22.2 Å². The van der Waals surface area contributed by atoms with E-state index in [0.29, 0.717) is 33.2 Å². The van der Waals surface area contributed by atoms with Gasteiger partial charge in [-0.3, -0.25) is 23.9 Å². The molecule has 0 fully saturated rings. The number of carbonyl (C=O) groups excluding carboxylic acids is 2. The second kappa shape index (κ2) is 9.97. The molecule has 3 heterocycles. The molecule has 182 valence electrons. The van der Waals surface area contributed by atoms with Crippen molar-refractivity contribution in [2.75, 3.05) is 18.4 Å². The monoisotopic (exact) mass is 501 g/mol. The molecule has 0 bridgehead atoms. The highest BCUT2D eigenvalue weighted by atomic mass is 32.1. The number of aryl methyl sites for hydroxylation is 3. The number of thiophene rings is 2. The van der Waals surface area contributed by atoms with Crippen LogP contribution in [-0.4, -0.2) is 39.4 Å². The second-order valence-corrected chi connectivity index (χ2v) is 11.0. The summed E-state index contributed by atoms with van der Waals surface area (Å²) in [6.45, 7) is 9.92. The molecular weight excluding hydrogens is 470 g/mol. The number of primary amides is 1. The van der Waals surface area contributed by atoms with Crippen LogP contribution in [0.15, 0.2) is 4.79 Å². The number of carbonyl (C=O) groups is 2. The number of nitrogens with one attached hydrogen (secondary N) is 1. The lowest BCUT2D eigenvalue weighted by molar-refractivity contribution is -0.116. The Morgan fingerprint density at radius 1 is 1.15 bits per heavy atom. The van der Waals surface area contributed by atoms with Crippen LogP contribution in [0.2, 0.25) is 0 Å². The van der Waals surface area contributed by atoms with Crippen molar-refractivity contribution in [1.29, 1.82) is 0 Å². The quantitative estimate of drug-likeness (QED) is 0.490. The van der Waals surface area contributed by atoms with Gasteiger partial charge in [0.05, 0.1) is 17.5 Å². The number of amides is 2. The van der Waals surface area contributed by atoms with E-state index in [-0.39, 0.29) is 18.0 Å². The molecule has 3 N–H and O–H groups in total. The van der Waals surface area contributed by atoms with Crippen molar-refractivity contribution in [2.24, 2.45) is 5.73 Å². The number of rotatable bonds is 8. The molecule has 0 saturated carbocycles. The molecule has 0 unspecified atom stereocenters. The fourth-order valence-corrected chi connectivity index (χ4v) is 6.87. The highest BCUT2D eigenvalue weighted by Gasteiger charge is 2.26. The zero-order valence-corrected chi connectivity index (χ0v) is 21.8. The first-order valence-corrected chi connectivity index (χ1v) is 13.3. The Morgan fingerprint density at radius 2 is 1.85 bits per heavy atom. The molecule has 0 atom stereocenters. The van der Waals surface area contributed by atoms with E-state index in [9.17, 15) is 14.4 Å². The number of fused-ring (bicyclic) bond motifs is 2. The van der Waals surface area contributed by atoms with Crippen LogP contribution >= 0.6 is 22.7 Å². The molecule has 0 aromatic carbocycles. The summed E-state index contributed by atoms with van der Waals surface area (Å²) < 4.78 is 1.48. The smallest absolute Gasteiger partial charge is 0.263 e. The predicted octanol–water partition coefficient (Wildman–Crippen LogP) is 3.59. The SMILES string of the molecule is CCN(CC)Cc1nc2sc(C)c(C)c2c(=O)n1CC(=O)Nc1sc2c(c1C(N)=O)CCCC2. The molecular formula is C24H31N5O3S2. The number of aromatic nitrogens is 2. The van der Waals surface area contributed by atoms with E-state index in [1.54, 1.807) is 0 Å². The highest BCUT2D eigenvalue weighted by Crippen LogP contribution is 2.38. The van der Waals surface area contributed by atoms with Crippen molar-refractivity contribution in [3.05, 3.63) is 42.6 Å². The Bertz CT molecular complexity index is 1320. The van der Waals surface area contributed by atoms with E-state index >= 15 is 0 Å². The first kappa shape index (κ1) is 24.6. The Kier molecular flexibility index (Phi) is 7.20. The molecule has 2 amide bonds. The third kappa shape index (κ3) is 4.54. The summed E-state index contributed by atoms with van der Waals surface area (Å²) >= 11 is 2.93. The van der Waals surface area contributed by atoms with E-state index in [1.165, 1.54) is 27.2 Å². The summed E-state index contributed by atoms with van der Waals surface area (Å²) in [6, 6.07) is 0. The molecule has 8 nitrogen and oxygen atoms in total. The molecule has 0 saturated heterocycles. The topological polar surface area (TPSA) is 110 Å². The van der Waals surface area contributed by atoms with Crippen LogP contribution < -0.4 is 16.6 Å². The van der Waals surface area contributed by atoms with Crippen LogP contribution in [0.1, 0.15) is 63.8 Å². The Hall–Kier alpha value is -2.56. The molecule has 10 heteroatoms. The van der Waals surface area contributed by atoms with E-state index in [2.05, 4.69) is 24.1 Å². The van der Waals surface area contributed by atoms with Gasteiger partial charge >= 0.3 is 0 Å². The maximum Gasteiger partial charge on any atom is 0.263 e. The van der Waals surface area contributed by atoms with Crippen molar-refractivity contribution in [3.8, 4) is 0 Å². The van der Waals surface area contributed by atoms with Gasteiger partial charge in [0.2, 0.25) is 5.91 Å². The lowest BCUT2D eigenvalue weighted by atomic mass is 9.95. The largest absolute Gasteiger partial charge is 0.365 e. The van der Waals surface area contributed by atoms with Crippen LogP contribution in [0.4, 0.5) is 5.00 Å². The van der Waals surface area contributed by atoms with Gasteiger partial charge in [-0.15, -0.1) is 22.7 Å². The summed E-state index contributed by atoms with van der Waals surface area (Å²) in [5.41, 5.74) is 7.76. The lowest BCUT2D eigenvalue weighted by Crippen LogP contribution is -2.34. The average molecular weight is 502 g/mol. The Balaban J connectivity index is 1.71. The van der Waals surface area contributed by atoms with E-state index < -0.39 is 5.91 Å². The van der Waals surface area contributed by atoms with Gasteiger partial charge in [-0.25, -0.2) is 4.98 Å². The molecule has 0 radical (unpaired) electrons. The number of hydrogen-bond acceptors (Lipinski definition) is 7. The maximum atomic E-state index is 13.5. The van der Waals surface area contributed by atoms with E-state index in [1.807, 2.05) is 13.8 Å². The van der Waals surface area contributed by atoms with Crippen molar-refractivity contribution in [3.63, 3.8) is 0 Å². The standard InChI is InChI=1S/C24H31N5O3S2/c1-5-28(6-2)11-17-26-22-19(13(3)14(4)33-22)24(32)29(17)12-18(30)27-23-20(21(25)31)15-9-7-8-10-16(15)34-23/h5-12H2,1-4H3,(H2,25,31)(H,27,30). The minimum absolute atomic E-state index is 0.173. The van der Waals surface area contributed by atoms with Gasteiger partial charge < -0.3 is 11.1 Å². The van der Waals surface area contributed by atoms with Crippen LogP contribution in [0.3, 0.4) is 0 Å². The number of anilines is 1. The van der Waals surface area contributed by atoms with Crippen LogP contribution in [0, 0.1) is 13.8 Å². The van der Waals surface area contributed by atoms with Crippen molar-refractivity contribution >= 4 is 49.7 Å². The Labute approximate surface area is 206 Å². The zero-order chi connectivity index (χ0) is 24.6. The number of hydrogen-bond donors (Lipinski definition) is 2. The molecule has 0 spiro atoms. The van der Waals surface area contributed by atoms with Crippen LogP contribution in [-0.2, 0) is 30.7 Å². The van der Waals surface area contributed by atoms with Gasteiger partial charge in [0.25, 0.3) is 11.5 Å². The number of nitrogens with two attached hydrogens (primary N) is 1. The fourth-order valence-electron chi connectivity index (χ4n) is 4.52. The van der Waals surface area contributed by atoms with Gasteiger partial charge in [-0.1, -0.05) is 13.8 Å². The lowest BCUT2D eigenvalue weighted by Gasteiger charge is -2.20. The average Bonchev–Trinajstić information content (AvgIpc) is 3.30. The van der Waals surface area contributed by atoms with Crippen molar-refractivity contribution in [2.45, 2.75) is 66.5 Å². The fraction of sp³-hybridized carbons (Fsp3) is 0.500. The second-order valence-electron chi connectivity index (χ2n) is 8.67. The normalized spacial score (nSPS) is 13.4. The van der Waals surface area contributed by atoms with Crippen LogP contribution in [0.5, 0.6) is 0 Å². The summed E-state index contributed by atoms with van der Waals surface area (Å²) in [4.78, 5) is 48.7. The summed E-state index contributed by atoms with van der Waals surface area (Å²) in [6.07, 6.45) is 3.76. The van der Waals surface area contributed by atoms with E-state index in [4.69, 9.17) is 10.7 Å². The zero-order valence-electron chi connectivity index (χ0n) is 20.1. The summed E-state index contributed by atoms with van der Waals surface area (Å²) in [7, 11) is 0. The van der Waals surface area contributed by atoms with Gasteiger partial charge in [0.15, 0.2) is 0 Å². The van der Waals surface area contributed by atoms with Gasteiger partial charge in [0, 0.05) is 9.75 Å². The number of nitrogens with zero attached hydrogens (tertiary/aromatic N) is 3. The van der Waals surface area contributed by atoms with Crippen molar-refractivity contribution in [1.82, 2.24) is 14.5 Å². The minimum Gasteiger partial charge on any atom is -0.365 e. The first-order chi connectivity index (χ1) is 16.2. The third-order valence-electron chi connectivity index (χ3n) is 6.60. The van der Waals surface area contributed by atoms with Gasteiger partial charge in [-0.2, -0.15) is 0 Å². The maximum absolute atomic E-state index is 13.5. The van der Waals surface area contributed by atoms with Crippen LogP contribution in [0.25, 0.3) is 10.2 Å². The molecule has 1 aliphatic carbocycles. The Morgan fingerprint density at radius 3 is 2.53 bits per heavy atom. The summed E-state index contributed by atoms with van der Waals surface area (Å²) in [5, 5.41) is 3.94. The van der Waals surface area contributed by atoms with Crippen molar-refractivity contribution < 1.29 is 9.59 Å². The third-order valence-corrected chi connectivity index (χ3v) is 8.91. The minimum atomic E-state index is -0.526. The molecule has 34 heavy (non-hydrogen) atoms. The molecule has 1 aliphatic rings. The first-order valence-electron chi connectivity index (χ1n) is 11.7. The summed E-state index contributed by atoms with van der Waals surface area (Å²) in [5.74, 6) is -0.325. The predicted molar refractivity (Wildman–Crippen MR) is 138 cm³/mol. The molecule has 3 aromatic rings.